The molecule has 0 aliphatic heterocycles. The maximum Gasteiger partial charge on any atom is 0.276 e. The molecule has 0 radical (unpaired) electrons. The van der Waals surface area contributed by atoms with Gasteiger partial charge in [0.05, 0.1) is 6.61 Å². The minimum Gasteiger partial charge on any atom is -0.494 e. The molecule has 0 unspecified atom stereocenters. The van der Waals surface area contributed by atoms with Crippen molar-refractivity contribution in [1.29, 1.82) is 0 Å². The Morgan fingerprint density at radius 1 is 1.00 bits per heavy atom. The van der Waals surface area contributed by atoms with Crippen molar-refractivity contribution in [3.8, 4) is 11.5 Å². The summed E-state index contributed by atoms with van der Waals surface area (Å²) in [5.74, 6) is 0.481. The highest BCUT2D eigenvalue weighted by Gasteiger charge is 2.04. The predicted octanol–water partition coefficient (Wildman–Crippen LogP) is 2.63. The lowest BCUT2D eigenvalue weighted by Crippen LogP contribution is -2.43. The third-order valence-electron chi connectivity index (χ3n) is 3.30. The number of hydrazine groups is 1. The van der Waals surface area contributed by atoms with Crippen LogP contribution in [0.4, 0.5) is 0 Å². The zero-order valence-electron chi connectivity index (χ0n) is 14.8. The average molecular weight is 354 g/mol. The molecule has 2 amide bonds. The standard InChI is InChI=1S/C20H22N2O4/c1-3-25-17-10-7-16(8-11-17)9-12-19(23)21-22-20(24)14-26-18-6-4-5-15(2)13-18/h4-13H,3,14H2,1-2H3,(H,21,23)(H,22,24)/b12-9+. The predicted molar refractivity (Wildman–Crippen MR) is 99.6 cm³/mol. The lowest BCUT2D eigenvalue weighted by molar-refractivity contribution is -0.128. The summed E-state index contributed by atoms with van der Waals surface area (Å²) in [6.07, 6.45) is 2.97. The van der Waals surface area contributed by atoms with E-state index in [-0.39, 0.29) is 6.61 Å². The molecule has 2 rings (SSSR count). The summed E-state index contributed by atoms with van der Waals surface area (Å²) >= 11 is 0. The van der Waals surface area contributed by atoms with E-state index in [1.54, 1.807) is 12.1 Å². The maximum atomic E-state index is 11.7. The molecule has 0 heterocycles. The van der Waals surface area contributed by atoms with Crippen molar-refractivity contribution in [2.75, 3.05) is 13.2 Å². The number of hydrogen-bond donors (Lipinski definition) is 2. The molecule has 2 N–H and O–H groups in total. The fourth-order valence-corrected chi connectivity index (χ4v) is 2.08. The molecule has 0 spiro atoms. The molecule has 0 aliphatic rings. The second-order valence-corrected chi connectivity index (χ2v) is 5.48. The first-order valence-corrected chi connectivity index (χ1v) is 8.26. The lowest BCUT2D eigenvalue weighted by atomic mass is 10.2. The highest BCUT2D eigenvalue weighted by Crippen LogP contribution is 2.13. The number of amides is 2. The number of benzene rings is 2. The van der Waals surface area contributed by atoms with Crippen LogP contribution < -0.4 is 20.3 Å². The number of carbonyl (C=O) groups excluding carboxylic acids is 2. The van der Waals surface area contributed by atoms with E-state index in [1.807, 2.05) is 56.3 Å². The van der Waals surface area contributed by atoms with Gasteiger partial charge in [-0.3, -0.25) is 20.4 Å². The van der Waals surface area contributed by atoms with E-state index in [1.165, 1.54) is 6.08 Å². The monoisotopic (exact) mass is 354 g/mol. The van der Waals surface area contributed by atoms with E-state index in [0.717, 1.165) is 16.9 Å². The Balaban J connectivity index is 1.72. The summed E-state index contributed by atoms with van der Waals surface area (Å²) in [7, 11) is 0. The molecule has 0 atom stereocenters. The Bertz CT molecular complexity index is 770. The molecule has 0 fully saturated rings. The third-order valence-corrected chi connectivity index (χ3v) is 3.30. The van der Waals surface area contributed by atoms with Gasteiger partial charge in [0.1, 0.15) is 11.5 Å². The molecule has 0 aliphatic carbocycles. The van der Waals surface area contributed by atoms with Gasteiger partial charge in [0.15, 0.2) is 6.61 Å². The quantitative estimate of drug-likeness (QED) is 0.592. The Hall–Kier alpha value is -3.28. The number of carbonyl (C=O) groups is 2. The van der Waals surface area contributed by atoms with Crippen molar-refractivity contribution >= 4 is 17.9 Å². The SMILES string of the molecule is CCOc1ccc(/C=C/C(=O)NNC(=O)COc2cccc(C)c2)cc1. The zero-order chi connectivity index (χ0) is 18.8. The van der Waals surface area contributed by atoms with Crippen LogP contribution in [-0.4, -0.2) is 25.0 Å². The Kier molecular flexibility index (Phi) is 7.24. The van der Waals surface area contributed by atoms with Crippen molar-refractivity contribution in [2.24, 2.45) is 0 Å². The fourth-order valence-electron chi connectivity index (χ4n) is 2.08. The van der Waals surface area contributed by atoms with Gasteiger partial charge in [-0.25, -0.2) is 0 Å². The topological polar surface area (TPSA) is 76.7 Å². The summed E-state index contributed by atoms with van der Waals surface area (Å²) in [6, 6.07) is 14.7. The number of hydrogen-bond acceptors (Lipinski definition) is 4. The fraction of sp³-hybridized carbons (Fsp3) is 0.200. The number of aryl methyl sites for hydroxylation is 1. The van der Waals surface area contributed by atoms with Crippen LogP contribution in [-0.2, 0) is 9.59 Å². The van der Waals surface area contributed by atoms with Gasteiger partial charge in [-0.1, -0.05) is 24.3 Å². The summed E-state index contributed by atoms with van der Waals surface area (Å²) in [5, 5.41) is 0. The van der Waals surface area contributed by atoms with Crippen molar-refractivity contribution in [1.82, 2.24) is 10.9 Å². The van der Waals surface area contributed by atoms with E-state index in [9.17, 15) is 9.59 Å². The van der Waals surface area contributed by atoms with Crippen LogP contribution in [0.2, 0.25) is 0 Å². The molecule has 0 saturated heterocycles. The van der Waals surface area contributed by atoms with Crippen LogP contribution in [0.5, 0.6) is 11.5 Å². The van der Waals surface area contributed by atoms with Gasteiger partial charge in [-0.05, 0) is 55.3 Å². The van der Waals surface area contributed by atoms with Gasteiger partial charge in [0.2, 0.25) is 0 Å². The second-order valence-electron chi connectivity index (χ2n) is 5.48. The van der Waals surface area contributed by atoms with Crippen molar-refractivity contribution in [3.05, 3.63) is 65.7 Å². The Morgan fingerprint density at radius 2 is 1.77 bits per heavy atom. The lowest BCUT2D eigenvalue weighted by Gasteiger charge is -2.08. The minimum absolute atomic E-state index is 0.188. The number of nitrogens with one attached hydrogen (secondary N) is 2. The molecule has 2 aromatic carbocycles. The highest BCUT2D eigenvalue weighted by atomic mass is 16.5. The molecule has 0 bridgehead atoms. The first kappa shape index (κ1) is 19.1. The molecule has 6 heteroatoms. The molecule has 136 valence electrons. The summed E-state index contributed by atoms with van der Waals surface area (Å²) in [6.45, 7) is 4.26. The van der Waals surface area contributed by atoms with Gasteiger partial charge in [0, 0.05) is 6.08 Å². The highest BCUT2D eigenvalue weighted by molar-refractivity contribution is 5.93. The summed E-state index contributed by atoms with van der Waals surface area (Å²) < 4.78 is 10.7. The zero-order valence-corrected chi connectivity index (χ0v) is 14.8. The van der Waals surface area contributed by atoms with Crippen LogP contribution in [0.15, 0.2) is 54.6 Å². The van der Waals surface area contributed by atoms with Crippen molar-refractivity contribution in [3.63, 3.8) is 0 Å². The summed E-state index contributed by atoms with van der Waals surface area (Å²) in [5.41, 5.74) is 6.48. The minimum atomic E-state index is -0.450. The molecular weight excluding hydrogens is 332 g/mol. The van der Waals surface area contributed by atoms with Crippen LogP contribution >= 0.6 is 0 Å². The normalized spacial score (nSPS) is 10.4. The van der Waals surface area contributed by atoms with E-state index < -0.39 is 11.8 Å². The van der Waals surface area contributed by atoms with E-state index in [4.69, 9.17) is 9.47 Å². The Morgan fingerprint density at radius 3 is 2.46 bits per heavy atom. The van der Waals surface area contributed by atoms with Crippen LogP contribution in [0.3, 0.4) is 0 Å². The van der Waals surface area contributed by atoms with Crippen LogP contribution in [0.1, 0.15) is 18.1 Å². The smallest absolute Gasteiger partial charge is 0.276 e. The van der Waals surface area contributed by atoms with Gasteiger partial charge in [0.25, 0.3) is 11.8 Å². The van der Waals surface area contributed by atoms with Gasteiger partial charge < -0.3 is 9.47 Å². The van der Waals surface area contributed by atoms with Gasteiger partial charge >= 0.3 is 0 Å². The van der Waals surface area contributed by atoms with Crippen LogP contribution in [0, 0.1) is 6.92 Å². The van der Waals surface area contributed by atoms with E-state index in [0.29, 0.717) is 12.4 Å². The average Bonchev–Trinajstić information content (AvgIpc) is 2.64. The van der Waals surface area contributed by atoms with Crippen molar-refractivity contribution in [2.45, 2.75) is 13.8 Å². The Labute approximate surface area is 152 Å². The first-order chi connectivity index (χ1) is 12.6. The maximum absolute atomic E-state index is 11.7. The van der Waals surface area contributed by atoms with Gasteiger partial charge in [-0.2, -0.15) is 0 Å². The molecule has 26 heavy (non-hydrogen) atoms. The molecule has 0 aromatic heterocycles. The van der Waals surface area contributed by atoms with E-state index >= 15 is 0 Å². The molecule has 0 saturated carbocycles. The molecule has 6 nitrogen and oxygen atoms in total. The largest absolute Gasteiger partial charge is 0.494 e. The van der Waals surface area contributed by atoms with Gasteiger partial charge in [-0.15, -0.1) is 0 Å². The van der Waals surface area contributed by atoms with Crippen molar-refractivity contribution < 1.29 is 19.1 Å². The second kappa shape index (κ2) is 9.88. The molecular formula is C20H22N2O4. The summed E-state index contributed by atoms with van der Waals surface area (Å²) in [4.78, 5) is 23.4. The third kappa shape index (κ3) is 6.68. The van der Waals surface area contributed by atoms with E-state index in [2.05, 4.69) is 10.9 Å². The molecule has 2 aromatic rings. The van der Waals surface area contributed by atoms with Crippen LogP contribution in [0.25, 0.3) is 6.08 Å². The number of ether oxygens (including phenoxy) is 2. The number of rotatable bonds is 7. The first-order valence-electron chi connectivity index (χ1n) is 8.26.